The van der Waals surface area contributed by atoms with Crippen LogP contribution in [0.2, 0.25) is 0 Å². The third-order valence-corrected chi connectivity index (χ3v) is 6.77. The Morgan fingerprint density at radius 3 is 1.16 bits per heavy atom. The highest BCUT2D eigenvalue weighted by Crippen LogP contribution is 2.48. The minimum absolute atomic E-state index is 0.150. The molecule has 0 N–H and O–H groups in total. The molecular formula is C32H32. The van der Waals surface area contributed by atoms with Crippen molar-refractivity contribution in [3.05, 3.63) is 118 Å². The number of hydrogen-bond acceptors (Lipinski definition) is 0. The van der Waals surface area contributed by atoms with Crippen molar-refractivity contribution in [3.63, 3.8) is 0 Å². The first-order valence-corrected chi connectivity index (χ1v) is 11.6. The fraction of sp³-hybridized carbons (Fsp3) is 0.250. The average Bonchev–Trinajstić information content (AvgIpc) is 3.09. The van der Waals surface area contributed by atoms with Crippen LogP contribution in [0, 0.1) is 0 Å². The molecule has 4 aromatic rings. The van der Waals surface area contributed by atoms with Crippen LogP contribution in [0.3, 0.4) is 0 Å². The third-order valence-electron chi connectivity index (χ3n) is 6.77. The highest BCUT2D eigenvalue weighted by atomic mass is 14.3. The molecule has 0 spiro atoms. The Labute approximate surface area is 192 Å². The second-order valence-electron chi connectivity index (χ2n) is 11.1. The van der Waals surface area contributed by atoms with Crippen LogP contribution in [0.4, 0.5) is 0 Å². The summed E-state index contributed by atoms with van der Waals surface area (Å²) in [6.07, 6.45) is 0. The highest BCUT2D eigenvalue weighted by Gasteiger charge is 2.26. The van der Waals surface area contributed by atoms with Crippen molar-refractivity contribution in [3.8, 4) is 0 Å². The van der Waals surface area contributed by atoms with Gasteiger partial charge in [0.25, 0.3) is 0 Å². The van der Waals surface area contributed by atoms with Gasteiger partial charge in [-0.2, -0.15) is 0 Å². The Morgan fingerprint density at radius 2 is 0.812 bits per heavy atom. The van der Waals surface area contributed by atoms with E-state index in [1.807, 2.05) is 0 Å². The summed E-state index contributed by atoms with van der Waals surface area (Å²) in [6, 6.07) is 31.8. The second-order valence-corrected chi connectivity index (χ2v) is 11.1. The zero-order chi connectivity index (χ0) is 22.7. The van der Waals surface area contributed by atoms with Crippen molar-refractivity contribution in [1.29, 1.82) is 0 Å². The highest BCUT2D eigenvalue weighted by molar-refractivity contribution is 6.20. The molecule has 0 heterocycles. The Morgan fingerprint density at radius 1 is 0.438 bits per heavy atom. The van der Waals surface area contributed by atoms with Crippen LogP contribution < -0.4 is 0 Å². The Hall–Kier alpha value is -3.12. The minimum atomic E-state index is 0.150. The SMILES string of the molecule is CC(C)(C)c1ccc(C2=C(c3ccc(C(C)(C)C)cc3)c3cccc4cccc2c34)cc1. The van der Waals surface area contributed by atoms with E-state index in [0.717, 1.165) is 0 Å². The quantitative estimate of drug-likeness (QED) is 0.270. The molecule has 0 aromatic heterocycles. The normalized spacial score (nSPS) is 13.8. The second kappa shape index (κ2) is 7.20. The summed E-state index contributed by atoms with van der Waals surface area (Å²) < 4.78 is 0. The molecular weight excluding hydrogens is 384 g/mol. The first kappa shape index (κ1) is 20.8. The lowest BCUT2D eigenvalue weighted by Crippen LogP contribution is -2.10. The van der Waals surface area contributed by atoms with E-state index in [4.69, 9.17) is 0 Å². The topological polar surface area (TPSA) is 0 Å². The van der Waals surface area contributed by atoms with Crippen molar-refractivity contribution in [2.45, 2.75) is 52.4 Å². The van der Waals surface area contributed by atoms with Gasteiger partial charge in [0.1, 0.15) is 0 Å². The van der Waals surface area contributed by atoms with Crippen LogP contribution in [0.15, 0.2) is 84.9 Å². The van der Waals surface area contributed by atoms with Gasteiger partial charge in [0, 0.05) is 0 Å². The van der Waals surface area contributed by atoms with Gasteiger partial charge in [-0.15, -0.1) is 0 Å². The lowest BCUT2D eigenvalue weighted by molar-refractivity contribution is 0.590. The summed E-state index contributed by atoms with van der Waals surface area (Å²) in [6.45, 7) is 13.6. The maximum absolute atomic E-state index is 2.31. The fourth-order valence-electron chi connectivity index (χ4n) is 4.90. The number of hydrogen-bond donors (Lipinski definition) is 0. The van der Waals surface area contributed by atoms with Crippen molar-refractivity contribution in [2.24, 2.45) is 0 Å². The Bertz CT molecular complexity index is 1230. The first-order chi connectivity index (χ1) is 15.1. The summed E-state index contributed by atoms with van der Waals surface area (Å²) in [7, 11) is 0. The Balaban J connectivity index is 1.76. The maximum atomic E-state index is 2.31. The van der Waals surface area contributed by atoms with E-state index in [9.17, 15) is 0 Å². The van der Waals surface area contributed by atoms with Crippen molar-refractivity contribution in [2.75, 3.05) is 0 Å². The van der Waals surface area contributed by atoms with Gasteiger partial charge in [-0.3, -0.25) is 0 Å². The molecule has 0 saturated heterocycles. The zero-order valence-corrected chi connectivity index (χ0v) is 20.1. The predicted molar refractivity (Wildman–Crippen MR) is 139 cm³/mol. The summed E-state index contributed by atoms with van der Waals surface area (Å²) >= 11 is 0. The van der Waals surface area contributed by atoms with E-state index in [1.165, 1.54) is 55.3 Å². The molecule has 1 aliphatic rings. The summed E-state index contributed by atoms with van der Waals surface area (Å²) in [5.41, 5.74) is 11.0. The lowest BCUT2D eigenvalue weighted by Gasteiger charge is -2.20. The monoisotopic (exact) mass is 416 g/mol. The van der Waals surface area contributed by atoms with Crippen LogP contribution in [0.5, 0.6) is 0 Å². The maximum Gasteiger partial charge on any atom is -0.00201 e. The molecule has 1 aliphatic carbocycles. The molecule has 0 aliphatic heterocycles. The minimum Gasteiger partial charge on any atom is -0.0610 e. The third kappa shape index (κ3) is 3.39. The molecule has 0 radical (unpaired) electrons. The molecule has 0 atom stereocenters. The molecule has 0 amide bonds. The van der Waals surface area contributed by atoms with Crippen LogP contribution in [-0.4, -0.2) is 0 Å². The largest absolute Gasteiger partial charge is 0.0610 e. The number of benzene rings is 4. The van der Waals surface area contributed by atoms with Crippen LogP contribution >= 0.6 is 0 Å². The molecule has 4 aromatic carbocycles. The average molecular weight is 417 g/mol. The molecule has 0 nitrogen and oxygen atoms in total. The van der Waals surface area contributed by atoms with Crippen molar-refractivity contribution in [1.82, 2.24) is 0 Å². The number of rotatable bonds is 2. The van der Waals surface area contributed by atoms with Gasteiger partial charge < -0.3 is 0 Å². The molecule has 0 heteroatoms. The van der Waals surface area contributed by atoms with Gasteiger partial charge in [0.05, 0.1) is 0 Å². The van der Waals surface area contributed by atoms with Gasteiger partial charge in [-0.25, -0.2) is 0 Å². The van der Waals surface area contributed by atoms with E-state index in [-0.39, 0.29) is 10.8 Å². The molecule has 5 rings (SSSR count). The fourth-order valence-corrected chi connectivity index (χ4v) is 4.90. The molecule has 32 heavy (non-hydrogen) atoms. The van der Waals surface area contributed by atoms with Gasteiger partial charge in [0.2, 0.25) is 0 Å². The standard InChI is InChI=1S/C32H32/c1-31(2,3)24-17-13-22(14-18-24)29-26-11-7-9-21-10-8-12-27(28(21)26)30(29)23-15-19-25(20-16-23)32(4,5)6/h7-20H,1-6H3. The molecule has 0 saturated carbocycles. The Kier molecular flexibility index (Phi) is 4.67. The van der Waals surface area contributed by atoms with Crippen LogP contribution in [-0.2, 0) is 10.8 Å². The lowest BCUT2D eigenvalue weighted by atomic mass is 9.84. The van der Waals surface area contributed by atoms with Gasteiger partial charge in [0.15, 0.2) is 0 Å². The van der Waals surface area contributed by atoms with E-state index in [2.05, 4.69) is 126 Å². The zero-order valence-electron chi connectivity index (χ0n) is 20.1. The summed E-state index contributed by atoms with van der Waals surface area (Å²) in [4.78, 5) is 0. The molecule has 0 fully saturated rings. The van der Waals surface area contributed by atoms with E-state index in [1.54, 1.807) is 0 Å². The van der Waals surface area contributed by atoms with Gasteiger partial charge >= 0.3 is 0 Å². The molecule has 160 valence electrons. The van der Waals surface area contributed by atoms with Gasteiger partial charge in [-0.1, -0.05) is 126 Å². The molecule has 0 unspecified atom stereocenters. The van der Waals surface area contributed by atoms with Crippen LogP contribution in [0.1, 0.15) is 74.9 Å². The van der Waals surface area contributed by atoms with Crippen molar-refractivity contribution < 1.29 is 0 Å². The van der Waals surface area contributed by atoms with Gasteiger partial charge in [-0.05, 0) is 66.1 Å². The summed E-state index contributed by atoms with van der Waals surface area (Å²) in [5, 5.41) is 2.69. The predicted octanol–water partition coefficient (Wildman–Crippen LogP) is 8.76. The van der Waals surface area contributed by atoms with E-state index < -0.39 is 0 Å². The van der Waals surface area contributed by atoms with E-state index >= 15 is 0 Å². The van der Waals surface area contributed by atoms with Crippen LogP contribution in [0.25, 0.3) is 21.9 Å². The molecule has 0 bridgehead atoms. The van der Waals surface area contributed by atoms with E-state index in [0.29, 0.717) is 0 Å². The first-order valence-electron chi connectivity index (χ1n) is 11.6. The van der Waals surface area contributed by atoms with Crippen molar-refractivity contribution >= 4 is 21.9 Å². The summed E-state index contributed by atoms with van der Waals surface area (Å²) in [5.74, 6) is 0. The smallest absolute Gasteiger partial charge is 0.00201 e.